The van der Waals surface area contributed by atoms with Crippen molar-refractivity contribution in [1.29, 1.82) is 0 Å². The molecule has 2 aromatic carbocycles. The highest BCUT2D eigenvalue weighted by Gasteiger charge is 2.26. The molecule has 1 aliphatic heterocycles. The number of carbonyl (C=O) groups is 1. The standard InChI is InChI=1S/C19H16N2O6/c1-11-4-5-13(9-16(11)21(23)24)18-20-15(19(22)27-18)8-12-6-7-14(25-2)10-17(12)26-3/h4-10H,1-3H3/b15-8-. The van der Waals surface area contributed by atoms with Crippen molar-refractivity contribution >= 4 is 23.6 Å². The molecule has 0 bridgehead atoms. The molecular formula is C19H16N2O6. The van der Waals surface area contributed by atoms with Gasteiger partial charge in [0.1, 0.15) is 11.5 Å². The molecule has 0 aromatic heterocycles. The molecule has 0 atom stereocenters. The first-order chi connectivity index (χ1) is 12.9. The molecule has 0 unspecified atom stereocenters. The number of carbonyl (C=O) groups excluding carboxylic acids is 1. The van der Waals surface area contributed by atoms with Crippen molar-refractivity contribution in [2.45, 2.75) is 6.92 Å². The van der Waals surface area contributed by atoms with Gasteiger partial charge in [-0.15, -0.1) is 0 Å². The second-order valence-corrected chi connectivity index (χ2v) is 5.70. The average molecular weight is 368 g/mol. The number of aliphatic imine (C=N–C) groups is 1. The molecule has 0 fully saturated rings. The van der Waals surface area contributed by atoms with Crippen LogP contribution >= 0.6 is 0 Å². The Labute approximate surface area is 154 Å². The van der Waals surface area contributed by atoms with Gasteiger partial charge >= 0.3 is 5.97 Å². The number of hydrogen-bond donors (Lipinski definition) is 0. The number of cyclic esters (lactones) is 1. The second kappa shape index (κ2) is 7.28. The van der Waals surface area contributed by atoms with Gasteiger partial charge in [0, 0.05) is 28.8 Å². The van der Waals surface area contributed by atoms with E-state index in [0.29, 0.717) is 28.2 Å². The van der Waals surface area contributed by atoms with Crippen LogP contribution in [0.4, 0.5) is 5.69 Å². The van der Waals surface area contributed by atoms with Gasteiger partial charge in [0.05, 0.1) is 19.1 Å². The highest BCUT2D eigenvalue weighted by Crippen LogP contribution is 2.29. The molecule has 0 aliphatic carbocycles. The van der Waals surface area contributed by atoms with Crippen LogP contribution in [0.5, 0.6) is 11.5 Å². The van der Waals surface area contributed by atoms with E-state index in [2.05, 4.69) is 4.99 Å². The molecular weight excluding hydrogens is 352 g/mol. The molecule has 0 radical (unpaired) electrons. The van der Waals surface area contributed by atoms with Gasteiger partial charge in [-0.1, -0.05) is 6.07 Å². The van der Waals surface area contributed by atoms with Crippen molar-refractivity contribution in [1.82, 2.24) is 0 Å². The van der Waals surface area contributed by atoms with E-state index < -0.39 is 10.9 Å². The minimum atomic E-state index is -0.647. The van der Waals surface area contributed by atoms with Crippen molar-refractivity contribution in [3.63, 3.8) is 0 Å². The summed E-state index contributed by atoms with van der Waals surface area (Å²) < 4.78 is 15.6. The van der Waals surface area contributed by atoms with E-state index in [-0.39, 0.29) is 17.3 Å². The molecule has 0 spiro atoms. The van der Waals surface area contributed by atoms with Crippen molar-refractivity contribution in [3.8, 4) is 11.5 Å². The van der Waals surface area contributed by atoms with Gasteiger partial charge in [-0.05, 0) is 31.2 Å². The van der Waals surface area contributed by atoms with Crippen LogP contribution in [-0.2, 0) is 9.53 Å². The summed E-state index contributed by atoms with van der Waals surface area (Å²) in [6.07, 6.45) is 1.52. The Morgan fingerprint density at radius 1 is 1.15 bits per heavy atom. The zero-order valence-corrected chi connectivity index (χ0v) is 14.9. The van der Waals surface area contributed by atoms with E-state index in [1.165, 1.54) is 19.3 Å². The topological polar surface area (TPSA) is 100 Å². The van der Waals surface area contributed by atoms with Gasteiger partial charge in [-0.25, -0.2) is 9.79 Å². The maximum Gasteiger partial charge on any atom is 0.363 e. The summed E-state index contributed by atoms with van der Waals surface area (Å²) in [5.74, 6) is 0.483. The Kier molecular flexibility index (Phi) is 4.89. The fourth-order valence-corrected chi connectivity index (χ4v) is 2.56. The molecule has 2 aromatic rings. The van der Waals surface area contributed by atoms with Crippen molar-refractivity contribution in [2.75, 3.05) is 14.2 Å². The predicted molar refractivity (Wildman–Crippen MR) is 98.0 cm³/mol. The summed E-state index contributed by atoms with van der Waals surface area (Å²) in [5, 5.41) is 11.1. The molecule has 27 heavy (non-hydrogen) atoms. The number of nitrogens with zero attached hydrogens (tertiary/aromatic N) is 2. The SMILES string of the molecule is COc1ccc(/C=C2\N=C(c3ccc(C)c([N+](=O)[O-])c3)OC2=O)c(OC)c1. The Hall–Kier alpha value is -3.68. The van der Waals surface area contributed by atoms with Crippen molar-refractivity contribution in [2.24, 2.45) is 4.99 Å². The van der Waals surface area contributed by atoms with Crippen molar-refractivity contribution in [3.05, 3.63) is 68.9 Å². The number of esters is 1. The molecule has 1 aliphatic rings. The summed E-state index contributed by atoms with van der Waals surface area (Å²) in [5.41, 5.74) is 1.47. The van der Waals surface area contributed by atoms with E-state index in [4.69, 9.17) is 14.2 Å². The largest absolute Gasteiger partial charge is 0.497 e. The van der Waals surface area contributed by atoms with Gasteiger partial charge in [-0.2, -0.15) is 0 Å². The van der Waals surface area contributed by atoms with Crippen LogP contribution in [0, 0.1) is 17.0 Å². The lowest BCUT2D eigenvalue weighted by atomic mass is 10.1. The third-order valence-electron chi connectivity index (χ3n) is 4.01. The Bertz CT molecular complexity index is 994. The number of methoxy groups -OCH3 is 2. The fraction of sp³-hybridized carbons (Fsp3) is 0.158. The van der Waals surface area contributed by atoms with E-state index in [1.807, 2.05) is 0 Å². The molecule has 0 saturated carbocycles. The first-order valence-corrected chi connectivity index (χ1v) is 7.93. The Balaban J connectivity index is 1.99. The minimum Gasteiger partial charge on any atom is -0.497 e. The molecule has 3 rings (SSSR count). The summed E-state index contributed by atoms with van der Waals surface area (Å²) in [6, 6.07) is 9.66. The zero-order valence-electron chi connectivity index (χ0n) is 14.9. The van der Waals surface area contributed by atoms with Gasteiger partial charge in [0.2, 0.25) is 5.90 Å². The first-order valence-electron chi connectivity index (χ1n) is 7.93. The third kappa shape index (κ3) is 3.64. The van der Waals surface area contributed by atoms with Gasteiger partial charge < -0.3 is 14.2 Å². The minimum absolute atomic E-state index is 0.0156. The van der Waals surface area contributed by atoms with E-state index >= 15 is 0 Å². The summed E-state index contributed by atoms with van der Waals surface area (Å²) in [6.45, 7) is 1.63. The quantitative estimate of drug-likeness (QED) is 0.347. The maximum atomic E-state index is 12.2. The Morgan fingerprint density at radius 3 is 2.59 bits per heavy atom. The number of nitro groups is 1. The van der Waals surface area contributed by atoms with Crippen LogP contribution in [0.1, 0.15) is 16.7 Å². The molecule has 8 nitrogen and oxygen atoms in total. The molecule has 1 heterocycles. The summed E-state index contributed by atoms with van der Waals surface area (Å²) >= 11 is 0. The van der Waals surface area contributed by atoms with E-state index in [1.54, 1.807) is 44.4 Å². The molecule has 138 valence electrons. The van der Waals surface area contributed by atoms with Gasteiger partial charge in [-0.3, -0.25) is 10.1 Å². The monoisotopic (exact) mass is 368 g/mol. The van der Waals surface area contributed by atoms with Crippen LogP contribution < -0.4 is 9.47 Å². The van der Waals surface area contributed by atoms with Crippen LogP contribution in [0.25, 0.3) is 6.08 Å². The lowest BCUT2D eigenvalue weighted by Crippen LogP contribution is -2.06. The third-order valence-corrected chi connectivity index (χ3v) is 4.01. The van der Waals surface area contributed by atoms with E-state index in [9.17, 15) is 14.9 Å². The molecule has 0 saturated heterocycles. The van der Waals surface area contributed by atoms with Crippen LogP contribution in [-0.4, -0.2) is 31.0 Å². The average Bonchev–Trinajstić information content (AvgIpc) is 3.02. The number of hydrogen-bond acceptors (Lipinski definition) is 7. The fourth-order valence-electron chi connectivity index (χ4n) is 2.56. The highest BCUT2D eigenvalue weighted by molar-refractivity contribution is 6.13. The number of nitro benzene ring substituents is 1. The lowest BCUT2D eigenvalue weighted by molar-refractivity contribution is -0.385. The first kappa shape index (κ1) is 18.1. The van der Waals surface area contributed by atoms with Crippen molar-refractivity contribution < 1.29 is 23.9 Å². The van der Waals surface area contributed by atoms with Crippen LogP contribution in [0.3, 0.4) is 0 Å². The maximum absolute atomic E-state index is 12.2. The zero-order chi connectivity index (χ0) is 19.6. The van der Waals surface area contributed by atoms with Crippen LogP contribution in [0.15, 0.2) is 47.1 Å². The normalized spacial score (nSPS) is 14.7. The van der Waals surface area contributed by atoms with Gasteiger partial charge in [0.25, 0.3) is 5.69 Å². The number of rotatable bonds is 5. The molecule has 0 amide bonds. The summed E-state index contributed by atoms with van der Waals surface area (Å²) in [4.78, 5) is 27.0. The smallest absolute Gasteiger partial charge is 0.363 e. The second-order valence-electron chi connectivity index (χ2n) is 5.70. The predicted octanol–water partition coefficient (Wildman–Crippen LogP) is 3.26. The number of benzene rings is 2. The lowest BCUT2D eigenvalue weighted by Gasteiger charge is -2.07. The summed E-state index contributed by atoms with van der Waals surface area (Å²) in [7, 11) is 3.04. The number of aryl methyl sites for hydroxylation is 1. The van der Waals surface area contributed by atoms with Gasteiger partial charge in [0.15, 0.2) is 5.70 Å². The number of ether oxygens (including phenoxy) is 3. The van der Waals surface area contributed by atoms with E-state index in [0.717, 1.165) is 0 Å². The highest BCUT2D eigenvalue weighted by atomic mass is 16.6. The van der Waals surface area contributed by atoms with Crippen LogP contribution in [0.2, 0.25) is 0 Å². The molecule has 8 heteroatoms. The molecule has 0 N–H and O–H groups in total. The Morgan fingerprint density at radius 2 is 1.93 bits per heavy atom.